The summed E-state index contributed by atoms with van der Waals surface area (Å²) in [7, 11) is 0. The van der Waals surface area contributed by atoms with E-state index in [1.165, 1.54) is 12.5 Å². The highest BCUT2D eigenvalue weighted by atomic mass is 16.5. The Kier molecular flexibility index (Phi) is 5.21. The van der Waals surface area contributed by atoms with Crippen molar-refractivity contribution >= 4 is 17.9 Å². The van der Waals surface area contributed by atoms with Gasteiger partial charge in [-0.05, 0) is 37.3 Å². The van der Waals surface area contributed by atoms with Crippen molar-refractivity contribution in [1.29, 1.82) is 0 Å². The van der Waals surface area contributed by atoms with Crippen LogP contribution >= 0.6 is 0 Å². The smallest absolute Gasteiger partial charge is 0.326 e. The van der Waals surface area contributed by atoms with Crippen molar-refractivity contribution in [3.05, 3.63) is 35.4 Å². The zero-order chi connectivity index (χ0) is 17.8. The second-order valence-electron chi connectivity index (χ2n) is 6.51. The Hall–Kier alpha value is -2.57. The number of carbonyl (C=O) groups is 3. The largest absolute Gasteiger partial charge is 0.451 e. The molecule has 134 valence electrons. The normalized spacial score (nSPS) is 17.2. The van der Waals surface area contributed by atoms with Gasteiger partial charge in [0.05, 0.1) is 0 Å². The summed E-state index contributed by atoms with van der Waals surface area (Å²) in [6.07, 6.45) is 1.89. The number of hydrogen-bond donors (Lipinski definition) is 2. The number of rotatable bonds is 5. The number of nitrogens with one attached hydrogen (secondary N) is 2. The van der Waals surface area contributed by atoms with Gasteiger partial charge in [0, 0.05) is 19.1 Å². The number of carbonyl (C=O) groups excluding carboxylic acids is 3. The van der Waals surface area contributed by atoms with Crippen molar-refractivity contribution in [2.75, 3.05) is 13.1 Å². The minimum absolute atomic E-state index is 0.218. The quantitative estimate of drug-likeness (QED) is 0.778. The van der Waals surface area contributed by atoms with Crippen LogP contribution in [0.5, 0.6) is 0 Å². The van der Waals surface area contributed by atoms with Crippen LogP contribution in [0.2, 0.25) is 0 Å². The first-order valence-electron chi connectivity index (χ1n) is 8.62. The fourth-order valence-electron chi connectivity index (χ4n) is 2.77. The first kappa shape index (κ1) is 17.3. The lowest BCUT2D eigenvalue weighted by molar-refractivity contribution is -0.153. The van der Waals surface area contributed by atoms with Gasteiger partial charge in [-0.25, -0.2) is 4.79 Å². The molecule has 2 aliphatic rings. The predicted molar refractivity (Wildman–Crippen MR) is 90.7 cm³/mol. The summed E-state index contributed by atoms with van der Waals surface area (Å²) in [5, 5.41) is 5.33. The van der Waals surface area contributed by atoms with E-state index in [9.17, 15) is 14.4 Å². The topological polar surface area (TPSA) is 87.7 Å². The van der Waals surface area contributed by atoms with Crippen LogP contribution in [0.15, 0.2) is 24.3 Å². The first-order chi connectivity index (χ1) is 12.0. The maximum atomic E-state index is 12.2. The van der Waals surface area contributed by atoms with E-state index in [4.69, 9.17) is 4.74 Å². The van der Waals surface area contributed by atoms with E-state index in [2.05, 4.69) is 16.7 Å². The highest BCUT2D eigenvalue weighted by molar-refractivity contribution is 5.85. The highest BCUT2D eigenvalue weighted by Gasteiger charge is 2.27. The summed E-state index contributed by atoms with van der Waals surface area (Å²) in [5.41, 5.74) is 2.37. The summed E-state index contributed by atoms with van der Waals surface area (Å²) in [4.78, 5) is 37.4. The maximum absolute atomic E-state index is 12.2. The summed E-state index contributed by atoms with van der Waals surface area (Å²) >= 11 is 0. The number of hydrogen-bond acceptors (Lipinski definition) is 4. The van der Waals surface area contributed by atoms with Crippen LogP contribution in [-0.2, 0) is 27.3 Å². The van der Waals surface area contributed by atoms with E-state index in [1.807, 2.05) is 18.2 Å². The SMILES string of the molecule is C[C@@H](OC(=O)CNC(=O)N1CCc2ccccc2C1)C(=O)NC1CC1. The molecule has 1 aliphatic heterocycles. The van der Waals surface area contributed by atoms with Crippen molar-refractivity contribution in [1.82, 2.24) is 15.5 Å². The van der Waals surface area contributed by atoms with Gasteiger partial charge in [-0.3, -0.25) is 9.59 Å². The van der Waals surface area contributed by atoms with Crippen LogP contribution in [0.25, 0.3) is 0 Å². The fraction of sp³-hybridized carbons (Fsp3) is 0.500. The number of nitrogens with zero attached hydrogens (tertiary/aromatic N) is 1. The van der Waals surface area contributed by atoms with Gasteiger partial charge in [-0.15, -0.1) is 0 Å². The Morgan fingerprint density at radius 3 is 2.68 bits per heavy atom. The van der Waals surface area contributed by atoms with Crippen LogP contribution in [0.3, 0.4) is 0 Å². The summed E-state index contributed by atoms with van der Waals surface area (Å²) < 4.78 is 5.05. The zero-order valence-electron chi connectivity index (χ0n) is 14.3. The van der Waals surface area contributed by atoms with Gasteiger partial charge >= 0.3 is 12.0 Å². The van der Waals surface area contributed by atoms with Gasteiger partial charge in [0.15, 0.2) is 6.10 Å². The molecule has 1 aromatic carbocycles. The summed E-state index contributed by atoms with van der Waals surface area (Å²) in [5.74, 6) is -0.918. The highest BCUT2D eigenvalue weighted by Crippen LogP contribution is 2.19. The number of benzene rings is 1. The summed E-state index contributed by atoms with van der Waals surface area (Å²) in [6.45, 7) is 2.41. The van der Waals surface area contributed by atoms with Gasteiger partial charge in [0.2, 0.25) is 0 Å². The second kappa shape index (κ2) is 7.55. The molecule has 1 heterocycles. The predicted octanol–water partition coefficient (Wildman–Crippen LogP) is 0.965. The number of urea groups is 1. The molecule has 0 radical (unpaired) electrons. The van der Waals surface area contributed by atoms with Crippen LogP contribution in [0, 0.1) is 0 Å². The van der Waals surface area contributed by atoms with Gasteiger partial charge in [-0.2, -0.15) is 0 Å². The van der Waals surface area contributed by atoms with Crippen LogP contribution in [0.4, 0.5) is 4.79 Å². The maximum Gasteiger partial charge on any atom is 0.326 e. The molecule has 25 heavy (non-hydrogen) atoms. The van der Waals surface area contributed by atoms with Crippen molar-refractivity contribution in [3.8, 4) is 0 Å². The first-order valence-corrected chi connectivity index (χ1v) is 8.62. The number of amides is 3. The fourth-order valence-corrected chi connectivity index (χ4v) is 2.77. The lowest BCUT2D eigenvalue weighted by Gasteiger charge is -2.28. The van der Waals surface area contributed by atoms with Crippen LogP contribution in [-0.4, -0.2) is 48.0 Å². The minimum atomic E-state index is -0.855. The molecule has 0 unspecified atom stereocenters. The van der Waals surface area contributed by atoms with Crippen molar-refractivity contribution in [2.24, 2.45) is 0 Å². The van der Waals surface area contributed by atoms with E-state index in [0.717, 1.165) is 24.8 Å². The molecule has 0 saturated heterocycles. The van der Waals surface area contributed by atoms with Gasteiger partial charge in [0.1, 0.15) is 6.54 Å². The summed E-state index contributed by atoms with van der Waals surface area (Å²) in [6, 6.07) is 7.92. The van der Waals surface area contributed by atoms with Gasteiger partial charge < -0.3 is 20.3 Å². The molecular weight excluding hydrogens is 322 g/mol. The average Bonchev–Trinajstić information content (AvgIpc) is 3.43. The van der Waals surface area contributed by atoms with E-state index < -0.39 is 12.1 Å². The van der Waals surface area contributed by atoms with Crippen molar-refractivity contribution in [3.63, 3.8) is 0 Å². The van der Waals surface area contributed by atoms with Crippen LogP contribution < -0.4 is 10.6 Å². The van der Waals surface area contributed by atoms with Crippen molar-refractivity contribution < 1.29 is 19.1 Å². The Morgan fingerprint density at radius 2 is 1.96 bits per heavy atom. The minimum Gasteiger partial charge on any atom is -0.451 e. The molecule has 7 nitrogen and oxygen atoms in total. The number of ether oxygens (including phenoxy) is 1. The average molecular weight is 345 g/mol. The van der Waals surface area contributed by atoms with Gasteiger partial charge in [-0.1, -0.05) is 24.3 Å². The van der Waals surface area contributed by atoms with E-state index >= 15 is 0 Å². The van der Waals surface area contributed by atoms with Crippen molar-refractivity contribution in [2.45, 2.75) is 44.9 Å². The molecule has 1 aromatic rings. The third-order valence-corrected chi connectivity index (χ3v) is 4.40. The van der Waals surface area contributed by atoms with Gasteiger partial charge in [0.25, 0.3) is 5.91 Å². The molecule has 0 aromatic heterocycles. The van der Waals surface area contributed by atoms with E-state index in [1.54, 1.807) is 4.90 Å². The monoisotopic (exact) mass is 345 g/mol. The lowest BCUT2D eigenvalue weighted by atomic mass is 10.0. The Bertz CT molecular complexity index is 672. The molecule has 1 saturated carbocycles. The third kappa shape index (κ3) is 4.71. The Balaban J connectivity index is 1.41. The molecule has 0 spiro atoms. The zero-order valence-corrected chi connectivity index (χ0v) is 14.3. The number of fused-ring (bicyclic) bond motifs is 1. The van der Waals surface area contributed by atoms with Crippen LogP contribution in [0.1, 0.15) is 30.9 Å². The molecule has 3 amide bonds. The Morgan fingerprint density at radius 1 is 1.24 bits per heavy atom. The molecule has 7 heteroatoms. The molecule has 0 bridgehead atoms. The molecular formula is C18H23N3O4. The molecule has 1 atom stereocenters. The third-order valence-electron chi connectivity index (χ3n) is 4.40. The number of esters is 1. The Labute approximate surface area is 146 Å². The molecule has 3 rings (SSSR count). The molecule has 1 aliphatic carbocycles. The van der Waals surface area contributed by atoms with E-state index in [0.29, 0.717) is 13.1 Å². The van der Waals surface area contributed by atoms with E-state index in [-0.39, 0.29) is 24.5 Å². The molecule has 2 N–H and O–H groups in total. The molecule has 1 fully saturated rings. The lowest BCUT2D eigenvalue weighted by Crippen LogP contribution is -2.45. The standard InChI is InChI=1S/C18H23N3O4/c1-12(17(23)20-15-6-7-15)25-16(22)10-19-18(24)21-9-8-13-4-2-3-5-14(13)11-21/h2-5,12,15H,6-11H2,1H3,(H,19,24)(H,20,23)/t12-/m1/s1. The second-order valence-corrected chi connectivity index (χ2v) is 6.51.